The van der Waals surface area contributed by atoms with Gasteiger partial charge in [0.2, 0.25) is 0 Å². The smallest absolute Gasteiger partial charge is 0.319 e. The summed E-state index contributed by atoms with van der Waals surface area (Å²) in [5, 5.41) is 5.65. The van der Waals surface area contributed by atoms with E-state index in [9.17, 15) is 4.79 Å². The van der Waals surface area contributed by atoms with E-state index in [4.69, 9.17) is 4.74 Å². The summed E-state index contributed by atoms with van der Waals surface area (Å²) in [6, 6.07) is 13.3. The number of ether oxygens (including phenoxy) is 1. The Bertz CT molecular complexity index is 638. The molecule has 0 aliphatic heterocycles. The summed E-state index contributed by atoms with van der Waals surface area (Å²) in [4.78, 5) is 12.0. The number of methoxy groups -OCH3 is 1. The summed E-state index contributed by atoms with van der Waals surface area (Å²) in [7, 11) is 1.58. The molecule has 0 saturated heterocycles. The van der Waals surface area contributed by atoms with Crippen LogP contribution in [0.5, 0.6) is 5.75 Å². The van der Waals surface area contributed by atoms with Gasteiger partial charge in [-0.2, -0.15) is 0 Å². The molecule has 2 N–H and O–H groups in total. The molecular formula is C17H20N2O2. The molecule has 0 aliphatic rings. The molecule has 2 rings (SSSR count). The maximum Gasteiger partial charge on any atom is 0.319 e. The third kappa shape index (κ3) is 3.99. The maximum atomic E-state index is 12.0. The zero-order valence-electron chi connectivity index (χ0n) is 12.6. The van der Waals surface area contributed by atoms with Crippen LogP contribution in [0.25, 0.3) is 0 Å². The fourth-order valence-corrected chi connectivity index (χ4v) is 2.08. The van der Waals surface area contributed by atoms with Crippen molar-refractivity contribution in [2.75, 3.05) is 12.4 Å². The number of carbonyl (C=O) groups excluding carboxylic acids is 1. The second kappa shape index (κ2) is 6.79. The summed E-state index contributed by atoms with van der Waals surface area (Å²) < 4.78 is 5.20. The van der Waals surface area contributed by atoms with Crippen LogP contribution in [0.2, 0.25) is 0 Å². The van der Waals surface area contributed by atoms with Gasteiger partial charge in [0, 0.05) is 6.54 Å². The molecule has 110 valence electrons. The molecule has 0 aromatic heterocycles. The molecule has 0 unspecified atom stereocenters. The predicted molar refractivity (Wildman–Crippen MR) is 84.8 cm³/mol. The van der Waals surface area contributed by atoms with Crippen molar-refractivity contribution >= 4 is 11.7 Å². The van der Waals surface area contributed by atoms with Crippen molar-refractivity contribution in [3.8, 4) is 5.75 Å². The third-order valence-electron chi connectivity index (χ3n) is 3.30. The van der Waals surface area contributed by atoms with Crippen molar-refractivity contribution in [3.63, 3.8) is 0 Å². The largest absolute Gasteiger partial charge is 0.495 e. The highest BCUT2D eigenvalue weighted by atomic mass is 16.5. The zero-order valence-corrected chi connectivity index (χ0v) is 12.6. The minimum Gasteiger partial charge on any atom is -0.495 e. The highest BCUT2D eigenvalue weighted by Crippen LogP contribution is 2.22. The first kappa shape index (κ1) is 14.9. The second-order valence-electron chi connectivity index (χ2n) is 4.94. The van der Waals surface area contributed by atoms with Gasteiger partial charge in [0.1, 0.15) is 5.75 Å². The van der Waals surface area contributed by atoms with Crippen molar-refractivity contribution in [2.45, 2.75) is 20.4 Å². The van der Waals surface area contributed by atoms with E-state index in [1.54, 1.807) is 19.2 Å². The lowest BCUT2D eigenvalue weighted by Gasteiger charge is -2.12. The number of carbonyl (C=O) groups is 1. The van der Waals surface area contributed by atoms with Crippen LogP contribution >= 0.6 is 0 Å². The van der Waals surface area contributed by atoms with Gasteiger partial charge in [-0.15, -0.1) is 0 Å². The summed E-state index contributed by atoms with van der Waals surface area (Å²) in [5.41, 5.74) is 4.12. The van der Waals surface area contributed by atoms with E-state index in [1.165, 1.54) is 5.56 Å². The van der Waals surface area contributed by atoms with Crippen LogP contribution in [0.3, 0.4) is 0 Å². The first-order chi connectivity index (χ1) is 10.1. The Morgan fingerprint density at radius 1 is 1.14 bits per heavy atom. The van der Waals surface area contributed by atoms with Crippen molar-refractivity contribution in [3.05, 3.63) is 59.2 Å². The van der Waals surface area contributed by atoms with Crippen LogP contribution in [0.1, 0.15) is 16.7 Å². The summed E-state index contributed by atoms with van der Waals surface area (Å²) in [5.74, 6) is 0.638. The molecule has 0 heterocycles. The number of hydrogen-bond acceptors (Lipinski definition) is 2. The molecule has 2 aromatic carbocycles. The molecule has 0 saturated carbocycles. The molecule has 0 aliphatic carbocycles. The molecule has 0 atom stereocenters. The number of amides is 2. The van der Waals surface area contributed by atoms with Crippen LogP contribution in [-0.4, -0.2) is 13.1 Å². The van der Waals surface area contributed by atoms with Crippen LogP contribution in [0.4, 0.5) is 10.5 Å². The van der Waals surface area contributed by atoms with Crippen molar-refractivity contribution in [1.82, 2.24) is 5.32 Å². The minimum absolute atomic E-state index is 0.250. The Hall–Kier alpha value is -2.49. The van der Waals surface area contributed by atoms with Gasteiger partial charge in [-0.25, -0.2) is 4.79 Å². The Kier molecular flexibility index (Phi) is 4.82. The minimum atomic E-state index is -0.250. The second-order valence-corrected chi connectivity index (χ2v) is 4.94. The number of benzene rings is 2. The maximum absolute atomic E-state index is 12.0. The summed E-state index contributed by atoms with van der Waals surface area (Å²) in [6.45, 7) is 4.57. The fourth-order valence-electron chi connectivity index (χ4n) is 2.08. The van der Waals surface area contributed by atoms with Crippen LogP contribution in [-0.2, 0) is 6.54 Å². The lowest BCUT2D eigenvalue weighted by Crippen LogP contribution is -2.28. The lowest BCUT2D eigenvalue weighted by atomic mass is 10.1. The number of anilines is 1. The Morgan fingerprint density at radius 2 is 1.90 bits per heavy atom. The highest BCUT2D eigenvalue weighted by molar-refractivity contribution is 5.90. The van der Waals surface area contributed by atoms with E-state index in [-0.39, 0.29) is 6.03 Å². The van der Waals surface area contributed by atoms with Crippen molar-refractivity contribution < 1.29 is 9.53 Å². The van der Waals surface area contributed by atoms with E-state index < -0.39 is 0 Å². The lowest BCUT2D eigenvalue weighted by molar-refractivity contribution is 0.251. The van der Waals surface area contributed by atoms with Crippen LogP contribution in [0.15, 0.2) is 42.5 Å². The van der Waals surface area contributed by atoms with Gasteiger partial charge in [0.25, 0.3) is 0 Å². The van der Waals surface area contributed by atoms with E-state index in [2.05, 4.69) is 28.8 Å². The Labute approximate surface area is 125 Å². The number of para-hydroxylation sites is 2. The van der Waals surface area contributed by atoms with Crippen LogP contribution < -0.4 is 15.4 Å². The summed E-state index contributed by atoms with van der Waals surface area (Å²) in [6.07, 6.45) is 0. The van der Waals surface area contributed by atoms with Gasteiger partial charge in [0.15, 0.2) is 0 Å². The molecular weight excluding hydrogens is 264 g/mol. The Balaban J connectivity index is 1.97. The molecule has 0 bridgehead atoms. The van der Waals surface area contributed by atoms with Gasteiger partial charge < -0.3 is 15.4 Å². The fraction of sp³-hybridized carbons (Fsp3) is 0.235. The highest BCUT2D eigenvalue weighted by Gasteiger charge is 2.07. The molecule has 0 fully saturated rings. The van der Waals surface area contributed by atoms with E-state index in [1.807, 2.05) is 26.0 Å². The number of aryl methyl sites for hydroxylation is 2. The van der Waals surface area contributed by atoms with Crippen LogP contribution in [0, 0.1) is 13.8 Å². The molecule has 4 nitrogen and oxygen atoms in total. The first-order valence-corrected chi connectivity index (χ1v) is 6.84. The van der Waals surface area contributed by atoms with Crippen molar-refractivity contribution in [2.24, 2.45) is 0 Å². The first-order valence-electron chi connectivity index (χ1n) is 6.84. The number of nitrogens with one attached hydrogen (secondary N) is 2. The number of rotatable bonds is 4. The molecule has 0 radical (unpaired) electrons. The molecule has 21 heavy (non-hydrogen) atoms. The third-order valence-corrected chi connectivity index (χ3v) is 3.30. The normalized spacial score (nSPS) is 10.0. The summed E-state index contributed by atoms with van der Waals surface area (Å²) >= 11 is 0. The van der Waals surface area contributed by atoms with Gasteiger partial charge in [-0.1, -0.05) is 35.9 Å². The zero-order chi connectivity index (χ0) is 15.2. The quantitative estimate of drug-likeness (QED) is 0.900. The van der Waals surface area contributed by atoms with Gasteiger partial charge in [0.05, 0.1) is 12.8 Å². The van der Waals surface area contributed by atoms with Gasteiger partial charge >= 0.3 is 6.03 Å². The number of hydrogen-bond donors (Lipinski definition) is 2. The Morgan fingerprint density at radius 3 is 2.67 bits per heavy atom. The topological polar surface area (TPSA) is 50.4 Å². The van der Waals surface area contributed by atoms with E-state index >= 15 is 0 Å². The predicted octanol–water partition coefficient (Wildman–Crippen LogP) is 3.63. The average molecular weight is 284 g/mol. The van der Waals surface area contributed by atoms with E-state index in [0.29, 0.717) is 18.0 Å². The molecule has 2 amide bonds. The van der Waals surface area contributed by atoms with Crippen molar-refractivity contribution in [1.29, 1.82) is 0 Å². The number of urea groups is 1. The molecule has 2 aromatic rings. The standard InChI is InChI=1S/C17H20N2O2/c1-12-8-9-13(2)14(10-12)11-18-17(20)19-15-6-4-5-7-16(15)21-3/h4-10H,11H2,1-3H3,(H2,18,19,20). The molecule has 4 heteroatoms. The van der Waals surface area contributed by atoms with Gasteiger partial charge in [-0.05, 0) is 37.1 Å². The average Bonchev–Trinajstić information content (AvgIpc) is 2.49. The monoisotopic (exact) mass is 284 g/mol. The van der Waals surface area contributed by atoms with E-state index in [0.717, 1.165) is 11.1 Å². The molecule has 0 spiro atoms. The van der Waals surface area contributed by atoms with Gasteiger partial charge in [-0.3, -0.25) is 0 Å². The SMILES string of the molecule is COc1ccccc1NC(=O)NCc1cc(C)ccc1C.